The number of urea groups is 1. The second-order valence-electron chi connectivity index (χ2n) is 3.25. The first-order valence-corrected chi connectivity index (χ1v) is 4.53. The maximum absolute atomic E-state index is 11.3. The van der Waals surface area contributed by atoms with E-state index in [4.69, 9.17) is 4.74 Å². The number of epoxide rings is 1. The van der Waals surface area contributed by atoms with Crippen LogP contribution < -0.4 is 5.32 Å². The number of hydrogen-bond donors (Lipinski definition) is 1. The molecule has 0 saturated carbocycles. The molecule has 2 heterocycles. The van der Waals surface area contributed by atoms with Gasteiger partial charge in [0.05, 0.1) is 0 Å². The van der Waals surface area contributed by atoms with Gasteiger partial charge >= 0.3 is 6.03 Å². The number of nitrogens with zero attached hydrogens (tertiary/aromatic N) is 1. The molecule has 0 radical (unpaired) electrons. The Kier molecular flexibility index (Phi) is 1.92. The summed E-state index contributed by atoms with van der Waals surface area (Å²) >= 11 is 0. The lowest BCUT2D eigenvalue weighted by molar-refractivity contribution is 0.153. The minimum atomic E-state index is 0.0298. The Hall–Kier alpha value is -0.770. The molecule has 2 unspecified atom stereocenters. The maximum Gasteiger partial charge on any atom is 0.319 e. The zero-order valence-corrected chi connectivity index (χ0v) is 7.25. The summed E-state index contributed by atoms with van der Waals surface area (Å²) in [5, 5.41) is 2.81. The highest BCUT2D eigenvalue weighted by Gasteiger charge is 2.44. The Morgan fingerprint density at radius 1 is 1.75 bits per heavy atom. The van der Waals surface area contributed by atoms with E-state index in [1.165, 1.54) is 0 Å². The van der Waals surface area contributed by atoms with Crippen LogP contribution in [0.2, 0.25) is 0 Å². The summed E-state index contributed by atoms with van der Waals surface area (Å²) in [5.41, 5.74) is 0. The molecule has 0 aromatic rings. The van der Waals surface area contributed by atoms with E-state index in [1.807, 2.05) is 0 Å². The molecule has 0 aromatic carbocycles. The van der Waals surface area contributed by atoms with Gasteiger partial charge in [0.15, 0.2) is 6.23 Å². The van der Waals surface area contributed by atoms with Crippen LogP contribution in [0.1, 0.15) is 19.8 Å². The van der Waals surface area contributed by atoms with Crippen LogP contribution in [0.3, 0.4) is 0 Å². The molecule has 68 valence electrons. The van der Waals surface area contributed by atoms with Gasteiger partial charge < -0.3 is 10.1 Å². The van der Waals surface area contributed by atoms with E-state index in [9.17, 15) is 4.79 Å². The Bertz CT molecular complexity index is 195. The molecular formula is C8H14N2O2. The SMILES string of the molecule is CCC1OC1N1CCCNC1=O. The molecule has 0 aromatic heterocycles. The summed E-state index contributed by atoms with van der Waals surface area (Å²) < 4.78 is 5.34. The molecule has 12 heavy (non-hydrogen) atoms. The van der Waals surface area contributed by atoms with Crippen molar-refractivity contribution in [1.82, 2.24) is 10.2 Å². The molecule has 2 amide bonds. The molecule has 2 saturated heterocycles. The third kappa shape index (κ3) is 1.27. The summed E-state index contributed by atoms with van der Waals surface area (Å²) in [7, 11) is 0. The number of hydrogen-bond acceptors (Lipinski definition) is 2. The van der Waals surface area contributed by atoms with Crippen LogP contribution in [0, 0.1) is 0 Å². The molecular weight excluding hydrogens is 156 g/mol. The average molecular weight is 170 g/mol. The van der Waals surface area contributed by atoms with Crippen molar-refractivity contribution in [2.45, 2.75) is 32.1 Å². The van der Waals surface area contributed by atoms with E-state index in [0.29, 0.717) is 0 Å². The summed E-state index contributed by atoms with van der Waals surface area (Å²) in [6.07, 6.45) is 2.38. The first-order valence-electron chi connectivity index (χ1n) is 4.53. The van der Waals surface area contributed by atoms with Crippen molar-refractivity contribution in [3.05, 3.63) is 0 Å². The normalized spacial score (nSPS) is 34.8. The first kappa shape index (κ1) is 7.86. The van der Waals surface area contributed by atoms with Crippen molar-refractivity contribution in [3.63, 3.8) is 0 Å². The highest BCUT2D eigenvalue weighted by molar-refractivity contribution is 5.75. The topological polar surface area (TPSA) is 44.9 Å². The van der Waals surface area contributed by atoms with Crippen LogP contribution in [-0.4, -0.2) is 36.4 Å². The van der Waals surface area contributed by atoms with Crippen molar-refractivity contribution >= 4 is 6.03 Å². The second kappa shape index (κ2) is 2.94. The molecule has 4 nitrogen and oxygen atoms in total. The van der Waals surface area contributed by atoms with E-state index < -0.39 is 0 Å². The lowest BCUT2D eigenvalue weighted by Crippen LogP contribution is -2.48. The minimum Gasteiger partial charge on any atom is -0.348 e. The highest BCUT2D eigenvalue weighted by Crippen LogP contribution is 2.29. The predicted octanol–water partition coefficient (Wildman–Crippen LogP) is 0.537. The molecule has 0 bridgehead atoms. The van der Waals surface area contributed by atoms with Crippen LogP contribution in [0.25, 0.3) is 0 Å². The van der Waals surface area contributed by atoms with Crippen LogP contribution >= 0.6 is 0 Å². The number of rotatable bonds is 2. The molecule has 1 N–H and O–H groups in total. The summed E-state index contributed by atoms with van der Waals surface area (Å²) in [4.78, 5) is 13.1. The van der Waals surface area contributed by atoms with Crippen LogP contribution in [0.4, 0.5) is 4.79 Å². The van der Waals surface area contributed by atoms with E-state index >= 15 is 0 Å². The van der Waals surface area contributed by atoms with Crippen LogP contribution in [0.15, 0.2) is 0 Å². The van der Waals surface area contributed by atoms with E-state index in [-0.39, 0.29) is 18.4 Å². The van der Waals surface area contributed by atoms with Crippen molar-refractivity contribution in [3.8, 4) is 0 Å². The van der Waals surface area contributed by atoms with Gasteiger partial charge in [0.25, 0.3) is 0 Å². The highest BCUT2D eigenvalue weighted by atomic mass is 16.6. The third-order valence-electron chi connectivity index (χ3n) is 2.38. The fourth-order valence-electron chi connectivity index (χ4n) is 1.60. The molecule has 2 rings (SSSR count). The fraction of sp³-hybridized carbons (Fsp3) is 0.875. The summed E-state index contributed by atoms with van der Waals surface area (Å²) in [6, 6.07) is 0.0298. The lowest BCUT2D eigenvalue weighted by Gasteiger charge is -2.25. The predicted molar refractivity (Wildman–Crippen MR) is 43.7 cm³/mol. The average Bonchev–Trinajstić information content (AvgIpc) is 2.84. The molecule has 2 atom stereocenters. The Morgan fingerprint density at radius 2 is 2.58 bits per heavy atom. The lowest BCUT2D eigenvalue weighted by atomic mass is 10.3. The summed E-state index contributed by atoms with van der Waals surface area (Å²) in [6.45, 7) is 3.72. The van der Waals surface area contributed by atoms with Crippen LogP contribution in [0.5, 0.6) is 0 Å². The summed E-state index contributed by atoms with van der Waals surface area (Å²) in [5.74, 6) is 0. The molecule has 0 aliphatic carbocycles. The van der Waals surface area contributed by atoms with E-state index in [1.54, 1.807) is 4.90 Å². The van der Waals surface area contributed by atoms with Gasteiger partial charge in [0.2, 0.25) is 0 Å². The van der Waals surface area contributed by atoms with Crippen molar-refractivity contribution < 1.29 is 9.53 Å². The molecule has 2 aliphatic rings. The zero-order chi connectivity index (χ0) is 8.55. The minimum absolute atomic E-state index is 0.0298. The largest absolute Gasteiger partial charge is 0.348 e. The standard InChI is InChI=1S/C8H14N2O2/c1-2-6-7(12-6)10-5-3-4-9-8(10)11/h6-7H,2-5H2,1H3,(H,9,11). The Labute approximate surface area is 71.9 Å². The maximum atomic E-state index is 11.3. The number of carbonyl (C=O) groups excluding carboxylic acids is 1. The van der Waals surface area contributed by atoms with Gasteiger partial charge in [-0.05, 0) is 12.8 Å². The molecule has 2 fully saturated rings. The third-order valence-corrected chi connectivity index (χ3v) is 2.38. The van der Waals surface area contributed by atoms with Gasteiger partial charge in [-0.2, -0.15) is 0 Å². The number of carbonyl (C=O) groups is 1. The number of nitrogens with one attached hydrogen (secondary N) is 1. The monoisotopic (exact) mass is 170 g/mol. The Balaban J connectivity index is 1.90. The van der Waals surface area contributed by atoms with Crippen molar-refractivity contribution in [2.75, 3.05) is 13.1 Å². The van der Waals surface area contributed by atoms with Gasteiger partial charge in [-0.1, -0.05) is 6.92 Å². The first-order chi connectivity index (χ1) is 5.83. The van der Waals surface area contributed by atoms with Crippen molar-refractivity contribution in [1.29, 1.82) is 0 Å². The van der Waals surface area contributed by atoms with Crippen molar-refractivity contribution in [2.24, 2.45) is 0 Å². The second-order valence-corrected chi connectivity index (χ2v) is 3.25. The number of amides is 2. The fourth-order valence-corrected chi connectivity index (χ4v) is 1.60. The molecule has 2 aliphatic heterocycles. The Morgan fingerprint density at radius 3 is 3.17 bits per heavy atom. The zero-order valence-electron chi connectivity index (χ0n) is 7.25. The van der Waals surface area contributed by atoms with Gasteiger partial charge in [0, 0.05) is 13.1 Å². The molecule has 0 spiro atoms. The van der Waals surface area contributed by atoms with Crippen LogP contribution in [-0.2, 0) is 4.74 Å². The van der Waals surface area contributed by atoms with Gasteiger partial charge in [0.1, 0.15) is 6.10 Å². The van der Waals surface area contributed by atoms with E-state index in [0.717, 1.165) is 25.9 Å². The quantitative estimate of drug-likeness (QED) is 0.615. The van der Waals surface area contributed by atoms with Gasteiger partial charge in [-0.15, -0.1) is 0 Å². The van der Waals surface area contributed by atoms with Gasteiger partial charge in [-0.25, -0.2) is 4.79 Å². The number of ether oxygens (including phenoxy) is 1. The van der Waals surface area contributed by atoms with Gasteiger partial charge in [-0.3, -0.25) is 4.90 Å². The molecule has 4 heteroatoms. The smallest absolute Gasteiger partial charge is 0.319 e. The van der Waals surface area contributed by atoms with E-state index in [2.05, 4.69) is 12.2 Å².